The van der Waals surface area contributed by atoms with Crippen LogP contribution in [0.5, 0.6) is 11.5 Å². The van der Waals surface area contributed by atoms with Crippen molar-refractivity contribution in [2.24, 2.45) is 5.41 Å². The van der Waals surface area contributed by atoms with Gasteiger partial charge in [0.2, 0.25) is 0 Å². The minimum atomic E-state index is -0.533. The van der Waals surface area contributed by atoms with E-state index in [9.17, 15) is 4.79 Å². The van der Waals surface area contributed by atoms with Gasteiger partial charge >= 0.3 is 5.97 Å². The Bertz CT molecular complexity index is 1490. The minimum Gasteiger partial charge on any atom is -0.491 e. The summed E-state index contributed by atoms with van der Waals surface area (Å²) in [5.74, 6) is 1.31. The maximum absolute atomic E-state index is 12.1. The van der Waals surface area contributed by atoms with E-state index in [0.29, 0.717) is 19.8 Å². The number of fused-ring (bicyclic) bond motifs is 3. The summed E-state index contributed by atoms with van der Waals surface area (Å²) >= 11 is 0. The molecule has 4 aromatic rings. The average molecular weight is 579 g/mol. The van der Waals surface area contributed by atoms with Gasteiger partial charge in [0.05, 0.1) is 23.0 Å². The van der Waals surface area contributed by atoms with E-state index in [0.717, 1.165) is 22.6 Å². The molecule has 0 fully saturated rings. The van der Waals surface area contributed by atoms with Crippen molar-refractivity contribution in [3.8, 4) is 22.6 Å². The van der Waals surface area contributed by atoms with Gasteiger partial charge in [-0.05, 0) is 99.2 Å². The molecule has 0 spiro atoms. The fourth-order valence-electron chi connectivity index (χ4n) is 5.64. The van der Waals surface area contributed by atoms with Crippen LogP contribution < -0.4 is 9.47 Å². The van der Waals surface area contributed by atoms with Crippen molar-refractivity contribution >= 4 is 5.97 Å². The van der Waals surface area contributed by atoms with Gasteiger partial charge < -0.3 is 18.9 Å². The Morgan fingerprint density at radius 2 is 1.02 bits per heavy atom. The molecule has 4 aromatic carbocycles. The van der Waals surface area contributed by atoms with Crippen LogP contribution in [0.1, 0.15) is 63.8 Å². The van der Waals surface area contributed by atoms with E-state index in [4.69, 9.17) is 18.9 Å². The topological polar surface area (TPSA) is 54.0 Å². The molecule has 5 nitrogen and oxygen atoms in total. The Hall–Kier alpha value is -4.09. The SMILES string of the molecule is CC(C)(C)OCCOc1ccc(C2(c3ccc(OCCOC(=O)C(C)(C)C)cc3)c3ccccc3-c3ccccc32)cc1. The molecule has 0 aromatic heterocycles. The summed E-state index contributed by atoms with van der Waals surface area (Å²) in [5, 5.41) is 0. The first-order chi connectivity index (χ1) is 20.5. The smallest absolute Gasteiger partial charge is 0.311 e. The number of esters is 1. The summed E-state index contributed by atoms with van der Waals surface area (Å²) in [6, 6.07) is 34.0. The predicted molar refractivity (Wildman–Crippen MR) is 171 cm³/mol. The summed E-state index contributed by atoms with van der Waals surface area (Å²) < 4.78 is 23.1. The molecular formula is C38H42O5. The molecule has 0 aliphatic heterocycles. The first-order valence-electron chi connectivity index (χ1n) is 15.0. The molecule has 1 aliphatic rings. The van der Waals surface area contributed by atoms with Gasteiger partial charge in [0.1, 0.15) is 31.3 Å². The highest BCUT2D eigenvalue weighted by molar-refractivity contribution is 5.86. The lowest BCUT2D eigenvalue weighted by molar-refractivity contribution is -0.153. The third-order valence-corrected chi connectivity index (χ3v) is 7.61. The van der Waals surface area contributed by atoms with Crippen LogP contribution in [0.25, 0.3) is 11.1 Å². The van der Waals surface area contributed by atoms with Gasteiger partial charge in [-0.1, -0.05) is 72.8 Å². The van der Waals surface area contributed by atoms with Crippen LogP contribution in [0.4, 0.5) is 0 Å². The van der Waals surface area contributed by atoms with Crippen LogP contribution in [0, 0.1) is 5.41 Å². The van der Waals surface area contributed by atoms with Crippen LogP contribution >= 0.6 is 0 Å². The second kappa shape index (κ2) is 12.3. The van der Waals surface area contributed by atoms with E-state index in [1.165, 1.54) is 22.3 Å². The highest BCUT2D eigenvalue weighted by Crippen LogP contribution is 2.56. The average Bonchev–Trinajstić information content (AvgIpc) is 3.28. The molecule has 224 valence electrons. The normalized spacial score (nSPS) is 13.6. The monoisotopic (exact) mass is 578 g/mol. The molecule has 1 aliphatic carbocycles. The van der Waals surface area contributed by atoms with Crippen LogP contribution in [0.15, 0.2) is 97.1 Å². The first-order valence-corrected chi connectivity index (χ1v) is 15.0. The molecule has 0 bridgehead atoms. The van der Waals surface area contributed by atoms with E-state index < -0.39 is 10.8 Å². The molecule has 0 atom stereocenters. The van der Waals surface area contributed by atoms with Gasteiger partial charge in [0, 0.05) is 0 Å². The Morgan fingerprint density at radius 1 is 0.581 bits per heavy atom. The molecule has 5 rings (SSSR count). The van der Waals surface area contributed by atoms with E-state index in [1.807, 2.05) is 65.8 Å². The van der Waals surface area contributed by atoms with Crippen LogP contribution in [-0.2, 0) is 19.7 Å². The van der Waals surface area contributed by atoms with Crippen LogP contribution in [0.3, 0.4) is 0 Å². The number of hydrogen-bond acceptors (Lipinski definition) is 5. The molecule has 5 heteroatoms. The van der Waals surface area contributed by atoms with E-state index in [2.05, 4.69) is 72.8 Å². The van der Waals surface area contributed by atoms with Gasteiger partial charge in [-0.3, -0.25) is 4.79 Å². The van der Waals surface area contributed by atoms with E-state index in [-0.39, 0.29) is 18.2 Å². The zero-order valence-corrected chi connectivity index (χ0v) is 26.1. The Morgan fingerprint density at radius 3 is 1.47 bits per heavy atom. The standard InChI is InChI=1S/C38H42O5/c1-36(2,3)35(39)42-24-23-40-29-19-15-27(16-20-29)38(28-17-21-30(22-18-28)41-25-26-43-37(4,5)6)33-13-9-7-11-31(33)32-12-8-10-14-34(32)38/h7-22H,23-26H2,1-6H3. The first kappa shape index (κ1) is 30.4. The number of ether oxygens (including phenoxy) is 4. The van der Waals surface area contributed by atoms with Gasteiger partial charge in [0.15, 0.2) is 0 Å². The zero-order chi connectivity index (χ0) is 30.7. The second-order valence-electron chi connectivity index (χ2n) is 12.9. The van der Waals surface area contributed by atoms with Crippen molar-refractivity contribution in [2.45, 2.75) is 52.6 Å². The lowest BCUT2D eigenvalue weighted by Gasteiger charge is -2.34. The lowest BCUT2D eigenvalue weighted by atomic mass is 9.68. The highest BCUT2D eigenvalue weighted by Gasteiger charge is 2.45. The third kappa shape index (κ3) is 6.47. The van der Waals surface area contributed by atoms with Crippen molar-refractivity contribution < 1.29 is 23.7 Å². The minimum absolute atomic E-state index is 0.192. The van der Waals surface area contributed by atoms with Crippen LogP contribution in [-0.4, -0.2) is 38.0 Å². The van der Waals surface area contributed by atoms with Gasteiger partial charge in [0.25, 0.3) is 0 Å². The number of rotatable bonds is 10. The predicted octanol–water partition coefficient (Wildman–Crippen LogP) is 8.21. The molecule has 0 amide bonds. The molecule has 0 saturated carbocycles. The molecule has 0 unspecified atom stereocenters. The zero-order valence-electron chi connectivity index (χ0n) is 26.1. The fraction of sp³-hybridized carbons (Fsp3) is 0.342. The highest BCUT2D eigenvalue weighted by atomic mass is 16.6. The maximum atomic E-state index is 12.1. The molecule has 0 saturated heterocycles. The van der Waals surface area contributed by atoms with Crippen molar-refractivity contribution in [1.29, 1.82) is 0 Å². The van der Waals surface area contributed by atoms with Crippen molar-refractivity contribution in [3.05, 3.63) is 119 Å². The van der Waals surface area contributed by atoms with Crippen molar-refractivity contribution in [2.75, 3.05) is 26.4 Å². The summed E-state index contributed by atoms with van der Waals surface area (Å²) in [4.78, 5) is 12.1. The van der Waals surface area contributed by atoms with Gasteiger partial charge in [-0.15, -0.1) is 0 Å². The Kier molecular flexibility index (Phi) is 8.66. The quantitative estimate of drug-likeness (QED) is 0.123. The summed E-state index contributed by atoms with van der Waals surface area (Å²) in [7, 11) is 0. The number of carbonyl (C=O) groups is 1. The van der Waals surface area contributed by atoms with Gasteiger partial charge in [-0.2, -0.15) is 0 Å². The van der Waals surface area contributed by atoms with Crippen molar-refractivity contribution in [3.63, 3.8) is 0 Å². The van der Waals surface area contributed by atoms with Crippen LogP contribution in [0.2, 0.25) is 0 Å². The maximum Gasteiger partial charge on any atom is 0.311 e. The Labute approximate surface area is 255 Å². The van der Waals surface area contributed by atoms with E-state index >= 15 is 0 Å². The third-order valence-electron chi connectivity index (χ3n) is 7.61. The lowest BCUT2D eigenvalue weighted by Crippen LogP contribution is -2.28. The second-order valence-corrected chi connectivity index (χ2v) is 12.9. The fourth-order valence-corrected chi connectivity index (χ4v) is 5.64. The number of hydrogen-bond donors (Lipinski definition) is 0. The molecule has 0 N–H and O–H groups in total. The summed E-state index contributed by atoms with van der Waals surface area (Å²) in [6.45, 7) is 13.2. The number of carbonyl (C=O) groups excluding carboxylic acids is 1. The van der Waals surface area contributed by atoms with Crippen molar-refractivity contribution in [1.82, 2.24) is 0 Å². The Balaban J connectivity index is 1.44. The number of benzene rings is 4. The molecule has 0 heterocycles. The largest absolute Gasteiger partial charge is 0.491 e. The molecular weight excluding hydrogens is 536 g/mol. The molecule has 43 heavy (non-hydrogen) atoms. The summed E-state index contributed by atoms with van der Waals surface area (Å²) in [6.07, 6.45) is 0. The summed E-state index contributed by atoms with van der Waals surface area (Å²) in [5.41, 5.74) is 6.02. The van der Waals surface area contributed by atoms with Gasteiger partial charge in [-0.25, -0.2) is 0 Å². The van der Waals surface area contributed by atoms with E-state index in [1.54, 1.807) is 0 Å². The molecule has 0 radical (unpaired) electrons.